The van der Waals surface area contributed by atoms with Gasteiger partial charge in [0.05, 0.1) is 0 Å². The molecule has 2 nitrogen and oxygen atoms in total. The van der Waals surface area contributed by atoms with Crippen molar-refractivity contribution in [3.05, 3.63) is 15.3 Å². The number of hydrogen-bond acceptors (Lipinski definition) is 1. The molecule has 0 fully saturated rings. The number of nitrogens with one attached hydrogen (secondary N) is 1. The van der Waals surface area contributed by atoms with Gasteiger partial charge in [-0.25, -0.2) is 0 Å². The second kappa shape index (κ2) is 2.13. The summed E-state index contributed by atoms with van der Waals surface area (Å²) in [6.45, 7) is 0. The van der Waals surface area contributed by atoms with Gasteiger partial charge < -0.3 is 0 Å². The zero-order valence-electron chi connectivity index (χ0n) is 3.58. The van der Waals surface area contributed by atoms with Crippen LogP contribution in [0, 0.1) is 0 Å². The minimum Gasteiger partial charge on any atom is -0.264 e. The maximum atomic E-state index is 5.44. The predicted octanol–water partition coefficient (Wildman–Crippen LogP) is 2.37. The molecule has 0 aliphatic heterocycles. The van der Waals surface area contributed by atoms with E-state index in [4.69, 9.17) is 34.8 Å². The van der Waals surface area contributed by atoms with Gasteiger partial charge >= 0.3 is 0 Å². The van der Waals surface area contributed by atoms with Gasteiger partial charge in [0.25, 0.3) is 0 Å². The predicted molar refractivity (Wildman–Crippen MR) is 33.6 cm³/mol. The van der Waals surface area contributed by atoms with E-state index >= 15 is 0 Å². The topological polar surface area (TPSA) is 28.7 Å². The Kier molecular flexibility index (Phi) is 1.65. The van der Waals surface area contributed by atoms with E-state index in [1.54, 1.807) is 0 Å². The van der Waals surface area contributed by atoms with Gasteiger partial charge in [-0.05, 0) is 0 Å². The highest BCUT2D eigenvalue weighted by Crippen LogP contribution is 2.25. The fourth-order valence-corrected chi connectivity index (χ4v) is 0.688. The summed E-state index contributed by atoms with van der Waals surface area (Å²) in [6.07, 6.45) is 0. The number of aromatic nitrogens is 2. The van der Waals surface area contributed by atoms with E-state index in [0.29, 0.717) is 0 Å². The van der Waals surface area contributed by atoms with Crippen molar-refractivity contribution in [3.8, 4) is 0 Å². The highest BCUT2D eigenvalue weighted by molar-refractivity contribution is 6.47. The normalized spacial score (nSPS) is 9.88. The van der Waals surface area contributed by atoms with Crippen LogP contribution >= 0.6 is 34.8 Å². The smallest absolute Gasteiger partial charge is 0.171 e. The molecule has 0 saturated carbocycles. The highest BCUT2D eigenvalue weighted by atomic mass is 35.5. The molecule has 5 heteroatoms. The average molecular weight is 171 g/mol. The number of hydrogen-bond donors (Lipinski definition) is 1. The van der Waals surface area contributed by atoms with Gasteiger partial charge in [-0.3, -0.25) is 5.10 Å². The average Bonchev–Trinajstić information content (AvgIpc) is 1.98. The van der Waals surface area contributed by atoms with Gasteiger partial charge in [-0.2, -0.15) is 5.10 Å². The Morgan fingerprint density at radius 2 is 1.88 bits per heavy atom. The molecule has 0 unspecified atom stereocenters. The Labute approximate surface area is 60.7 Å². The Morgan fingerprint density at radius 3 is 2.00 bits per heavy atom. The molecule has 1 heterocycles. The van der Waals surface area contributed by atoms with Crippen molar-refractivity contribution in [2.45, 2.75) is 0 Å². The maximum Gasteiger partial charge on any atom is 0.171 e. The maximum absolute atomic E-state index is 5.44. The molecule has 0 radical (unpaired) electrons. The van der Waals surface area contributed by atoms with Crippen LogP contribution < -0.4 is 0 Å². The molecule has 0 aliphatic rings. The second-order valence-corrected chi connectivity index (χ2v) is 2.26. The first kappa shape index (κ1) is 6.20. The molecule has 0 atom stereocenters. The fourth-order valence-electron chi connectivity index (χ4n) is 0.287. The molecule has 8 heavy (non-hydrogen) atoms. The van der Waals surface area contributed by atoms with Crippen LogP contribution in [0.5, 0.6) is 0 Å². The van der Waals surface area contributed by atoms with Crippen LogP contribution in [-0.4, -0.2) is 10.2 Å². The van der Waals surface area contributed by atoms with Crippen molar-refractivity contribution in [2.75, 3.05) is 0 Å². The Hall–Kier alpha value is 0.0800. The van der Waals surface area contributed by atoms with E-state index < -0.39 is 0 Å². The van der Waals surface area contributed by atoms with Gasteiger partial charge in [0, 0.05) is 0 Å². The van der Waals surface area contributed by atoms with Gasteiger partial charge in [0.15, 0.2) is 5.15 Å². The van der Waals surface area contributed by atoms with Crippen LogP contribution in [0.25, 0.3) is 0 Å². The molecule has 0 bridgehead atoms. The van der Waals surface area contributed by atoms with Crippen LogP contribution in [0.15, 0.2) is 0 Å². The van der Waals surface area contributed by atoms with Crippen molar-refractivity contribution in [1.82, 2.24) is 10.2 Å². The lowest BCUT2D eigenvalue weighted by Gasteiger charge is -1.76. The molecule has 0 saturated heterocycles. The minimum atomic E-state index is 0.205. The SMILES string of the molecule is Clc1n[nH]c(Cl)c1Cl. The summed E-state index contributed by atoms with van der Waals surface area (Å²) < 4.78 is 0. The summed E-state index contributed by atoms with van der Waals surface area (Å²) in [5.74, 6) is 0. The summed E-state index contributed by atoms with van der Waals surface area (Å²) in [5, 5.41) is 6.63. The second-order valence-electron chi connectivity index (χ2n) is 1.14. The number of halogens is 3. The molecule has 0 aromatic carbocycles. The molecule has 44 valence electrons. The number of rotatable bonds is 0. The molecule has 1 rings (SSSR count). The van der Waals surface area contributed by atoms with Gasteiger partial charge in [0.1, 0.15) is 10.2 Å². The minimum absolute atomic E-state index is 0.205. The fraction of sp³-hybridized carbons (Fsp3) is 0. The Bertz CT molecular complexity index is 175. The largest absolute Gasteiger partial charge is 0.264 e. The molecular formula is C3HCl3N2. The zero-order valence-corrected chi connectivity index (χ0v) is 5.85. The standard InChI is InChI=1S/C3HCl3N2/c4-1-2(5)7-8-3(1)6/h(H,7,8). The third-order valence-corrected chi connectivity index (χ3v) is 1.73. The van der Waals surface area contributed by atoms with Crippen molar-refractivity contribution in [2.24, 2.45) is 0 Å². The van der Waals surface area contributed by atoms with E-state index in [0.717, 1.165) is 0 Å². The van der Waals surface area contributed by atoms with Crippen LogP contribution in [0.1, 0.15) is 0 Å². The molecule has 1 N–H and O–H groups in total. The molecule has 1 aromatic rings. The summed E-state index contributed by atoms with van der Waals surface area (Å²) in [7, 11) is 0. The van der Waals surface area contributed by atoms with Gasteiger partial charge in [-0.1, -0.05) is 34.8 Å². The molecule has 0 aliphatic carbocycles. The summed E-state index contributed by atoms with van der Waals surface area (Å²) in [4.78, 5) is 0. The van der Waals surface area contributed by atoms with E-state index in [2.05, 4.69) is 10.2 Å². The van der Waals surface area contributed by atoms with Crippen molar-refractivity contribution >= 4 is 34.8 Å². The van der Waals surface area contributed by atoms with Crippen LogP contribution in [0.4, 0.5) is 0 Å². The van der Waals surface area contributed by atoms with Crippen LogP contribution in [-0.2, 0) is 0 Å². The first-order valence-electron chi connectivity index (χ1n) is 1.76. The highest BCUT2D eigenvalue weighted by Gasteiger charge is 2.03. The van der Waals surface area contributed by atoms with Crippen molar-refractivity contribution in [1.29, 1.82) is 0 Å². The summed E-state index contributed by atoms with van der Waals surface area (Å²) in [5.41, 5.74) is 0. The van der Waals surface area contributed by atoms with Crippen LogP contribution in [0.3, 0.4) is 0 Å². The van der Waals surface area contributed by atoms with E-state index in [-0.39, 0.29) is 15.3 Å². The Balaban J connectivity index is 3.19. The summed E-state index contributed by atoms with van der Waals surface area (Å²) in [6, 6.07) is 0. The number of nitrogens with zero attached hydrogens (tertiary/aromatic N) is 1. The number of aromatic amines is 1. The van der Waals surface area contributed by atoms with Crippen molar-refractivity contribution in [3.63, 3.8) is 0 Å². The van der Waals surface area contributed by atoms with Crippen molar-refractivity contribution < 1.29 is 0 Å². The van der Waals surface area contributed by atoms with E-state index in [1.165, 1.54) is 0 Å². The molecule has 0 spiro atoms. The van der Waals surface area contributed by atoms with Crippen LogP contribution in [0.2, 0.25) is 15.3 Å². The Morgan fingerprint density at radius 1 is 1.25 bits per heavy atom. The first-order chi connectivity index (χ1) is 3.72. The first-order valence-corrected chi connectivity index (χ1v) is 2.90. The van der Waals surface area contributed by atoms with Gasteiger partial charge in [0.2, 0.25) is 0 Å². The lowest BCUT2D eigenvalue weighted by Crippen LogP contribution is -1.61. The van der Waals surface area contributed by atoms with Gasteiger partial charge in [-0.15, -0.1) is 0 Å². The third-order valence-electron chi connectivity index (χ3n) is 0.626. The lowest BCUT2D eigenvalue weighted by atomic mass is 10.7. The molecular weight excluding hydrogens is 170 g/mol. The van der Waals surface area contributed by atoms with E-state index in [9.17, 15) is 0 Å². The quantitative estimate of drug-likeness (QED) is 0.638. The molecule has 0 amide bonds. The zero-order chi connectivity index (χ0) is 6.15. The lowest BCUT2D eigenvalue weighted by molar-refractivity contribution is 1.09. The number of H-pyrrole nitrogens is 1. The summed E-state index contributed by atoms with van der Waals surface area (Å²) >= 11 is 16.2. The van der Waals surface area contributed by atoms with E-state index in [1.807, 2.05) is 0 Å². The monoisotopic (exact) mass is 170 g/mol. The molecule has 1 aromatic heterocycles. The third kappa shape index (κ3) is 0.917.